The smallest absolute Gasteiger partial charge is 0.0546 e. The molecule has 1 fully saturated rings. The van der Waals surface area contributed by atoms with Gasteiger partial charge in [-0.2, -0.15) is 0 Å². The van der Waals surface area contributed by atoms with Gasteiger partial charge in [0.05, 0.1) is 6.10 Å². The van der Waals surface area contributed by atoms with Crippen LogP contribution in [-0.4, -0.2) is 11.2 Å². The first-order valence-electron chi connectivity index (χ1n) is 4.33. The summed E-state index contributed by atoms with van der Waals surface area (Å²) in [5.41, 5.74) is 6.71. The Morgan fingerprint density at radius 2 is 2.27 bits per heavy atom. The van der Waals surface area contributed by atoms with E-state index in [-0.39, 0.29) is 6.10 Å². The number of allylic oxidation sites excluding steroid dienone is 2. The Labute approximate surface area is 68.1 Å². The first-order chi connectivity index (χ1) is 5.24. The summed E-state index contributed by atoms with van der Waals surface area (Å²) in [5, 5.41) is 9.34. The van der Waals surface area contributed by atoms with Crippen molar-refractivity contribution in [2.75, 3.05) is 0 Å². The molecular weight excluding hydrogens is 138 g/mol. The van der Waals surface area contributed by atoms with Crippen LogP contribution in [0.1, 0.15) is 32.6 Å². The molecule has 1 rings (SSSR count). The Balaban J connectivity index is 2.46. The zero-order chi connectivity index (χ0) is 8.27. The van der Waals surface area contributed by atoms with Crippen molar-refractivity contribution in [1.82, 2.24) is 0 Å². The predicted octanol–water partition coefficient (Wildman–Crippen LogP) is 1.40. The molecule has 1 aliphatic carbocycles. The average Bonchev–Trinajstić information content (AvgIpc) is 2.03. The predicted molar refractivity (Wildman–Crippen MR) is 45.9 cm³/mol. The Bertz CT molecular complexity index is 154. The molecule has 2 atom stereocenters. The Hall–Kier alpha value is -0.500. The van der Waals surface area contributed by atoms with Gasteiger partial charge in [-0.1, -0.05) is 12.5 Å². The first-order valence-corrected chi connectivity index (χ1v) is 4.33. The average molecular weight is 155 g/mol. The standard InChI is InChI=1S/C9H17NO/c1-2-9(10)7-4-3-5-8(11)6-7/h2,7-8,11H,3-6,10H2,1H3/b9-2-. The third kappa shape index (κ3) is 2.22. The number of hydrogen-bond donors (Lipinski definition) is 2. The van der Waals surface area contributed by atoms with Gasteiger partial charge in [-0.05, 0) is 26.2 Å². The number of rotatable bonds is 1. The molecule has 0 aromatic carbocycles. The molecule has 0 aromatic rings. The molecule has 0 saturated heterocycles. The van der Waals surface area contributed by atoms with Gasteiger partial charge in [0.25, 0.3) is 0 Å². The second kappa shape index (κ2) is 3.77. The van der Waals surface area contributed by atoms with Gasteiger partial charge >= 0.3 is 0 Å². The van der Waals surface area contributed by atoms with Crippen molar-refractivity contribution in [1.29, 1.82) is 0 Å². The molecule has 0 aromatic heterocycles. The maximum atomic E-state index is 9.34. The van der Waals surface area contributed by atoms with Crippen molar-refractivity contribution in [2.45, 2.75) is 38.7 Å². The van der Waals surface area contributed by atoms with E-state index in [0.29, 0.717) is 5.92 Å². The van der Waals surface area contributed by atoms with E-state index in [4.69, 9.17) is 5.73 Å². The zero-order valence-electron chi connectivity index (χ0n) is 7.09. The Morgan fingerprint density at radius 3 is 2.82 bits per heavy atom. The molecule has 0 aliphatic heterocycles. The highest BCUT2D eigenvalue weighted by Gasteiger charge is 2.21. The second-order valence-corrected chi connectivity index (χ2v) is 3.31. The second-order valence-electron chi connectivity index (χ2n) is 3.31. The monoisotopic (exact) mass is 155 g/mol. The molecule has 2 nitrogen and oxygen atoms in total. The van der Waals surface area contributed by atoms with E-state index in [9.17, 15) is 5.11 Å². The summed E-state index contributed by atoms with van der Waals surface area (Å²) < 4.78 is 0. The largest absolute Gasteiger partial charge is 0.402 e. The minimum absolute atomic E-state index is 0.118. The summed E-state index contributed by atoms with van der Waals surface area (Å²) in [6.07, 6.45) is 5.90. The van der Waals surface area contributed by atoms with Crippen LogP contribution in [0.15, 0.2) is 11.8 Å². The molecule has 2 unspecified atom stereocenters. The quantitative estimate of drug-likeness (QED) is 0.601. The van der Waals surface area contributed by atoms with Gasteiger partial charge in [-0.3, -0.25) is 0 Å². The molecule has 0 spiro atoms. The van der Waals surface area contributed by atoms with Gasteiger partial charge in [0.15, 0.2) is 0 Å². The van der Waals surface area contributed by atoms with Gasteiger partial charge in [-0.15, -0.1) is 0 Å². The molecule has 1 saturated carbocycles. The maximum absolute atomic E-state index is 9.34. The molecule has 0 heterocycles. The molecule has 3 N–H and O–H groups in total. The van der Waals surface area contributed by atoms with Crippen LogP contribution in [0.2, 0.25) is 0 Å². The van der Waals surface area contributed by atoms with E-state index in [2.05, 4.69) is 0 Å². The molecule has 2 heteroatoms. The Kier molecular flexibility index (Phi) is 2.94. The molecule has 0 amide bonds. The van der Waals surface area contributed by atoms with Gasteiger partial charge < -0.3 is 10.8 Å². The van der Waals surface area contributed by atoms with Gasteiger partial charge in [-0.25, -0.2) is 0 Å². The lowest BCUT2D eigenvalue weighted by Gasteiger charge is -2.25. The summed E-state index contributed by atoms with van der Waals surface area (Å²) in [5.74, 6) is 0.434. The fourth-order valence-electron chi connectivity index (χ4n) is 1.70. The van der Waals surface area contributed by atoms with Crippen LogP contribution in [0.4, 0.5) is 0 Å². The van der Waals surface area contributed by atoms with Crippen molar-refractivity contribution in [3.05, 3.63) is 11.8 Å². The van der Waals surface area contributed by atoms with Crippen LogP contribution < -0.4 is 5.73 Å². The zero-order valence-corrected chi connectivity index (χ0v) is 7.09. The van der Waals surface area contributed by atoms with Crippen molar-refractivity contribution in [3.63, 3.8) is 0 Å². The van der Waals surface area contributed by atoms with Crippen molar-refractivity contribution in [2.24, 2.45) is 11.7 Å². The molecule has 11 heavy (non-hydrogen) atoms. The third-order valence-corrected chi connectivity index (χ3v) is 2.45. The van der Waals surface area contributed by atoms with E-state index in [1.54, 1.807) is 0 Å². The molecule has 1 aliphatic rings. The maximum Gasteiger partial charge on any atom is 0.0546 e. The Morgan fingerprint density at radius 1 is 1.55 bits per heavy atom. The lowest BCUT2D eigenvalue weighted by Crippen LogP contribution is -2.23. The summed E-state index contributed by atoms with van der Waals surface area (Å²) >= 11 is 0. The van der Waals surface area contributed by atoms with E-state index >= 15 is 0 Å². The van der Waals surface area contributed by atoms with Crippen LogP contribution in [-0.2, 0) is 0 Å². The number of aliphatic hydroxyl groups is 1. The fourth-order valence-corrected chi connectivity index (χ4v) is 1.70. The normalized spacial score (nSPS) is 33.8. The van der Waals surface area contributed by atoms with Crippen molar-refractivity contribution >= 4 is 0 Å². The van der Waals surface area contributed by atoms with Crippen molar-refractivity contribution in [3.8, 4) is 0 Å². The minimum atomic E-state index is -0.118. The number of nitrogens with two attached hydrogens (primary N) is 1. The molecule has 64 valence electrons. The highest BCUT2D eigenvalue weighted by atomic mass is 16.3. The fraction of sp³-hybridized carbons (Fsp3) is 0.778. The van der Waals surface area contributed by atoms with Crippen LogP contribution in [0.25, 0.3) is 0 Å². The van der Waals surface area contributed by atoms with Crippen LogP contribution in [0, 0.1) is 5.92 Å². The van der Waals surface area contributed by atoms with Crippen LogP contribution in [0.3, 0.4) is 0 Å². The summed E-state index contributed by atoms with van der Waals surface area (Å²) in [6, 6.07) is 0. The minimum Gasteiger partial charge on any atom is -0.402 e. The lowest BCUT2D eigenvalue weighted by atomic mass is 9.85. The number of hydrogen-bond acceptors (Lipinski definition) is 2. The highest BCUT2D eigenvalue weighted by molar-refractivity contribution is 5.01. The lowest BCUT2D eigenvalue weighted by molar-refractivity contribution is 0.110. The van der Waals surface area contributed by atoms with Gasteiger partial charge in [0, 0.05) is 11.6 Å². The van der Waals surface area contributed by atoms with E-state index < -0.39 is 0 Å². The third-order valence-electron chi connectivity index (χ3n) is 2.45. The molecule has 0 radical (unpaired) electrons. The number of aliphatic hydroxyl groups excluding tert-OH is 1. The topological polar surface area (TPSA) is 46.2 Å². The van der Waals surface area contributed by atoms with Crippen LogP contribution >= 0.6 is 0 Å². The van der Waals surface area contributed by atoms with Crippen molar-refractivity contribution < 1.29 is 5.11 Å². The van der Waals surface area contributed by atoms with E-state index in [1.165, 1.54) is 0 Å². The highest BCUT2D eigenvalue weighted by Crippen LogP contribution is 2.27. The molecular formula is C9H17NO. The van der Waals surface area contributed by atoms with Crippen LogP contribution in [0.5, 0.6) is 0 Å². The SMILES string of the molecule is C/C=C(\N)C1CCCC(O)C1. The first kappa shape index (κ1) is 8.60. The van der Waals surface area contributed by atoms with E-state index in [1.807, 2.05) is 13.0 Å². The van der Waals surface area contributed by atoms with E-state index in [0.717, 1.165) is 31.4 Å². The molecule has 0 bridgehead atoms. The van der Waals surface area contributed by atoms with Gasteiger partial charge in [0.2, 0.25) is 0 Å². The summed E-state index contributed by atoms with van der Waals surface area (Å²) in [4.78, 5) is 0. The summed E-state index contributed by atoms with van der Waals surface area (Å²) in [6.45, 7) is 1.95. The van der Waals surface area contributed by atoms with Gasteiger partial charge in [0.1, 0.15) is 0 Å². The summed E-state index contributed by atoms with van der Waals surface area (Å²) in [7, 11) is 0.